The Morgan fingerprint density at radius 1 is 1.25 bits per heavy atom. The number of hydrogen-bond donors (Lipinski definition) is 1. The van der Waals surface area contributed by atoms with Crippen LogP contribution < -0.4 is 10.1 Å². The number of nitrogens with one attached hydrogen (secondary N) is 1. The van der Waals surface area contributed by atoms with E-state index in [1.165, 1.54) is 19.2 Å². The van der Waals surface area contributed by atoms with E-state index in [4.69, 9.17) is 16.3 Å². The number of non-ortho nitro benzene ring substituents is 1. The number of nitro groups is 1. The molecule has 14 heteroatoms. The fourth-order valence-corrected chi connectivity index (χ4v) is 4.32. The number of benzene rings is 2. The molecule has 4 aromatic rings. The summed E-state index contributed by atoms with van der Waals surface area (Å²) in [5, 5.41) is 13.6. The van der Waals surface area contributed by atoms with Gasteiger partial charge in [0.25, 0.3) is 5.69 Å². The standard InChI is InChI=1S/C22H15ClF3N5O4S/c1-35-18-5-3-2-4-17(18)30-16-7-6-13(31(33)34)9-15(16)28-21(30)36-11-19(32)29-20-14(23)8-12(10-27-20)22(24,25)26/h2-10H,11H2,1H3,(H,27,29,32). The molecule has 0 aliphatic rings. The van der Waals surface area contributed by atoms with Crippen molar-refractivity contribution in [2.45, 2.75) is 11.3 Å². The van der Waals surface area contributed by atoms with Gasteiger partial charge in [0, 0.05) is 18.3 Å². The molecule has 0 saturated heterocycles. The van der Waals surface area contributed by atoms with Crippen LogP contribution in [0.2, 0.25) is 5.02 Å². The molecule has 36 heavy (non-hydrogen) atoms. The molecule has 0 radical (unpaired) electrons. The van der Waals surface area contributed by atoms with E-state index in [-0.39, 0.29) is 22.3 Å². The van der Waals surface area contributed by atoms with Gasteiger partial charge in [-0.2, -0.15) is 13.2 Å². The predicted octanol–water partition coefficient (Wildman–Crippen LogP) is 5.74. The second kappa shape index (κ2) is 10.0. The maximum absolute atomic E-state index is 12.8. The molecule has 0 bridgehead atoms. The van der Waals surface area contributed by atoms with Crippen LogP contribution in [0.4, 0.5) is 24.7 Å². The average Bonchev–Trinajstić information content (AvgIpc) is 3.20. The van der Waals surface area contributed by atoms with Crippen LogP contribution in [0, 0.1) is 10.1 Å². The number of pyridine rings is 1. The zero-order valence-electron chi connectivity index (χ0n) is 18.2. The Morgan fingerprint density at radius 3 is 2.67 bits per heavy atom. The summed E-state index contributed by atoms with van der Waals surface area (Å²) in [6.45, 7) is 0. The van der Waals surface area contributed by atoms with E-state index in [9.17, 15) is 28.1 Å². The number of alkyl halides is 3. The van der Waals surface area contributed by atoms with E-state index in [1.807, 2.05) is 0 Å². The monoisotopic (exact) mass is 537 g/mol. The molecule has 0 atom stereocenters. The minimum Gasteiger partial charge on any atom is -0.495 e. The lowest BCUT2D eigenvalue weighted by molar-refractivity contribution is -0.384. The van der Waals surface area contributed by atoms with Gasteiger partial charge in [0.05, 0.1) is 45.1 Å². The lowest BCUT2D eigenvalue weighted by Gasteiger charge is -2.13. The number of aromatic nitrogens is 3. The number of carbonyl (C=O) groups is 1. The fraction of sp³-hybridized carbons (Fsp3) is 0.136. The van der Waals surface area contributed by atoms with Crippen LogP contribution in [0.15, 0.2) is 59.9 Å². The molecule has 186 valence electrons. The molecular weight excluding hydrogens is 523 g/mol. The number of rotatable bonds is 7. The van der Waals surface area contributed by atoms with Crippen molar-refractivity contribution >= 4 is 51.8 Å². The smallest absolute Gasteiger partial charge is 0.417 e. The molecule has 1 N–H and O–H groups in total. The first-order chi connectivity index (χ1) is 17.1. The third-order valence-electron chi connectivity index (χ3n) is 4.90. The quantitative estimate of drug-likeness (QED) is 0.182. The Morgan fingerprint density at radius 2 is 2.00 bits per heavy atom. The molecule has 0 fully saturated rings. The summed E-state index contributed by atoms with van der Waals surface area (Å²) in [6, 6.07) is 11.9. The topological polar surface area (TPSA) is 112 Å². The van der Waals surface area contributed by atoms with Crippen LogP contribution in [0.25, 0.3) is 16.7 Å². The highest BCUT2D eigenvalue weighted by Crippen LogP contribution is 2.35. The molecule has 1 amide bonds. The van der Waals surface area contributed by atoms with Crippen molar-refractivity contribution < 1.29 is 27.6 Å². The van der Waals surface area contributed by atoms with Crippen LogP contribution in [0.3, 0.4) is 0 Å². The number of fused-ring (bicyclic) bond motifs is 1. The number of carbonyl (C=O) groups excluding carboxylic acids is 1. The van der Waals surface area contributed by atoms with Gasteiger partial charge in [0.15, 0.2) is 11.0 Å². The molecule has 0 unspecified atom stereocenters. The highest BCUT2D eigenvalue weighted by atomic mass is 35.5. The normalized spacial score (nSPS) is 11.5. The van der Waals surface area contributed by atoms with Crippen molar-refractivity contribution in [2.24, 2.45) is 0 Å². The van der Waals surface area contributed by atoms with Gasteiger partial charge in [-0.1, -0.05) is 35.5 Å². The van der Waals surface area contributed by atoms with E-state index >= 15 is 0 Å². The molecule has 0 aliphatic heterocycles. The number of methoxy groups -OCH3 is 1. The van der Waals surface area contributed by atoms with Gasteiger partial charge < -0.3 is 10.1 Å². The van der Waals surface area contributed by atoms with E-state index in [2.05, 4.69) is 15.3 Å². The predicted molar refractivity (Wildman–Crippen MR) is 128 cm³/mol. The molecule has 0 spiro atoms. The number of para-hydroxylation sites is 2. The van der Waals surface area contributed by atoms with E-state index in [1.54, 1.807) is 34.9 Å². The summed E-state index contributed by atoms with van der Waals surface area (Å²) in [7, 11) is 1.49. The van der Waals surface area contributed by atoms with Crippen molar-refractivity contribution in [3.8, 4) is 11.4 Å². The number of thioether (sulfide) groups is 1. The molecule has 2 aromatic carbocycles. The molecule has 2 aromatic heterocycles. The fourth-order valence-electron chi connectivity index (χ4n) is 3.29. The van der Waals surface area contributed by atoms with Crippen molar-refractivity contribution in [1.29, 1.82) is 0 Å². The second-order valence-corrected chi connectivity index (χ2v) is 8.57. The molecule has 9 nitrogen and oxygen atoms in total. The number of nitro benzene ring substituents is 1. The van der Waals surface area contributed by atoms with Crippen LogP contribution in [-0.2, 0) is 11.0 Å². The zero-order chi connectivity index (χ0) is 26.0. The number of halogens is 4. The van der Waals surface area contributed by atoms with Crippen molar-refractivity contribution in [1.82, 2.24) is 14.5 Å². The first-order valence-corrected chi connectivity index (χ1v) is 11.4. The number of ether oxygens (including phenoxy) is 1. The number of hydrogen-bond acceptors (Lipinski definition) is 7. The van der Waals surface area contributed by atoms with Gasteiger partial charge in [-0.25, -0.2) is 9.97 Å². The van der Waals surface area contributed by atoms with Crippen LogP contribution in [0.5, 0.6) is 5.75 Å². The van der Waals surface area contributed by atoms with Crippen molar-refractivity contribution in [3.05, 3.63) is 75.4 Å². The molecule has 0 aliphatic carbocycles. The van der Waals surface area contributed by atoms with Gasteiger partial charge in [-0.15, -0.1) is 0 Å². The Labute approximate surface area is 210 Å². The SMILES string of the molecule is COc1ccccc1-n1c(SCC(=O)Nc2ncc(C(F)(F)F)cc2Cl)nc2cc([N+](=O)[O-])ccc21. The largest absolute Gasteiger partial charge is 0.495 e. The van der Waals surface area contributed by atoms with E-state index in [0.717, 1.165) is 11.8 Å². The van der Waals surface area contributed by atoms with Gasteiger partial charge in [0.1, 0.15) is 5.75 Å². The van der Waals surface area contributed by atoms with Crippen molar-refractivity contribution in [2.75, 3.05) is 18.2 Å². The highest BCUT2D eigenvalue weighted by Gasteiger charge is 2.31. The summed E-state index contributed by atoms with van der Waals surface area (Å²) in [5.41, 5.74) is 0.265. The Balaban J connectivity index is 1.63. The average molecular weight is 538 g/mol. The van der Waals surface area contributed by atoms with Gasteiger partial charge in [-0.3, -0.25) is 19.5 Å². The van der Waals surface area contributed by atoms with Gasteiger partial charge >= 0.3 is 6.18 Å². The molecular formula is C22H15ClF3N5O4S. The summed E-state index contributed by atoms with van der Waals surface area (Å²) >= 11 is 6.86. The number of amides is 1. The summed E-state index contributed by atoms with van der Waals surface area (Å²) < 4.78 is 45.6. The summed E-state index contributed by atoms with van der Waals surface area (Å²) in [5.74, 6) is -0.523. The van der Waals surface area contributed by atoms with E-state index in [0.29, 0.717) is 39.9 Å². The minimum atomic E-state index is -4.62. The van der Waals surface area contributed by atoms with Crippen LogP contribution >= 0.6 is 23.4 Å². The van der Waals surface area contributed by atoms with Crippen molar-refractivity contribution in [3.63, 3.8) is 0 Å². The lowest BCUT2D eigenvalue weighted by atomic mass is 10.2. The molecule has 0 saturated carbocycles. The summed E-state index contributed by atoms with van der Waals surface area (Å²) in [6.07, 6.45) is -4.05. The lowest BCUT2D eigenvalue weighted by Crippen LogP contribution is -2.16. The summed E-state index contributed by atoms with van der Waals surface area (Å²) in [4.78, 5) is 31.3. The maximum atomic E-state index is 12.8. The molecule has 4 rings (SSSR count). The minimum absolute atomic E-state index is 0.149. The first kappa shape index (κ1) is 25.3. The Hall–Kier alpha value is -3.84. The third kappa shape index (κ3) is 5.21. The van der Waals surface area contributed by atoms with Gasteiger partial charge in [-0.05, 0) is 24.3 Å². The van der Waals surface area contributed by atoms with Crippen LogP contribution in [0.1, 0.15) is 5.56 Å². The highest BCUT2D eigenvalue weighted by molar-refractivity contribution is 7.99. The third-order valence-corrected chi connectivity index (χ3v) is 6.13. The zero-order valence-corrected chi connectivity index (χ0v) is 19.8. The van der Waals surface area contributed by atoms with Gasteiger partial charge in [0.2, 0.25) is 5.91 Å². The van der Waals surface area contributed by atoms with E-state index < -0.39 is 22.6 Å². The first-order valence-electron chi connectivity index (χ1n) is 10.0. The second-order valence-electron chi connectivity index (χ2n) is 7.22. The number of imidazole rings is 1. The van der Waals surface area contributed by atoms with Crippen LogP contribution in [-0.4, -0.2) is 38.2 Å². The number of anilines is 1. The number of nitrogens with zero attached hydrogens (tertiary/aromatic N) is 4. The Bertz CT molecular complexity index is 1480. The maximum Gasteiger partial charge on any atom is 0.417 e. The molecule has 2 heterocycles. The Kier molecular flexibility index (Phi) is 7.04.